The van der Waals surface area contributed by atoms with Crippen LogP contribution in [0.25, 0.3) is 0 Å². The number of halogens is 1. The van der Waals surface area contributed by atoms with E-state index in [2.05, 4.69) is 25.9 Å². The van der Waals surface area contributed by atoms with Crippen molar-refractivity contribution < 1.29 is 9.47 Å². The molecule has 0 aliphatic heterocycles. The van der Waals surface area contributed by atoms with Gasteiger partial charge in [0.2, 0.25) is 0 Å². The van der Waals surface area contributed by atoms with Gasteiger partial charge in [-0.15, -0.1) is 0 Å². The van der Waals surface area contributed by atoms with Crippen molar-refractivity contribution in [1.29, 1.82) is 0 Å². The number of rotatable bonds is 3. The van der Waals surface area contributed by atoms with E-state index in [1.807, 2.05) is 38.1 Å². The second-order valence-corrected chi connectivity index (χ2v) is 4.69. The summed E-state index contributed by atoms with van der Waals surface area (Å²) in [7, 11) is 1.62. The first-order valence-electron chi connectivity index (χ1n) is 5.42. The number of hydrogen-bond donors (Lipinski definition) is 0. The Labute approximate surface area is 114 Å². The van der Waals surface area contributed by atoms with Crippen LogP contribution in [0.15, 0.2) is 28.7 Å². The summed E-state index contributed by atoms with van der Waals surface area (Å²) in [4.78, 5) is 8.46. The van der Waals surface area contributed by atoms with E-state index < -0.39 is 0 Å². The molecule has 4 nitrogen and oxygen atoms in total. The third kappa shape index (κ3) is 2.98. The predicted molar refractivity (Wildman–Crippen MR) is 72.3 cm³/mol. The number of aromatic nitrogens is 2. The standard InChI is InChI=1S/C13H13BrN2O2/c1-8-6-9(2)16-13(15-8)18-12-5-4-10(17-3)7-11(12)14/h4-7H,1-3H3. The third-order valence-corrected chi connectivity index (χ3v) is 2.92. The summed E-state index contributed by atoms with van der Waals surface area (Å²) < 4.78 is 11.6. The Morgan fingerprint density at radius 1 is 1.06 bits per heavy atom. The molecule has 5 heteroatoms. The van der Waals surface area contributed by atoms with E-state index in [1.165, 1.54) is 0 Å². The molecular formula is C13H13BrN2O2. The lowest BCUT2D eigenvalue weighted by atomic mass is 10.3. The van der Waals surface area contributed by atoms with Crippen LogP contribution in [-0.4, -0.2) is 17.1 Å². The van der Waals surface area contributed by atoms with Crippen LogP contribution < -0.4 is 9.47 Å². The summed E-state index contributed by atoms with van der Waals surface area (Å²) in [6, 6.07) is 7.71. The minimum absolute atomic E-state index is 0.346. The van der Waals surface area contributed by atoms with Crippen LogP contribution in [0.4, 0.5) is 0 Å². The molecule has 2 rings (SSSR count). The van der Waals surface area contributed by atoms with Crippen LogP contribution in [0.1, 0.15) is 11.4 Å². The Morgan fingerprint density at radius 3 is 2.28 bits per heavy atom. The molecule has 0 radical (unpaired) electrons. The highest BCUT2D eigenvalue weighted by atomic mass is 79.9. The predicted octanol–water partition coefficient (Wildman–Crippen LogP) is 3.66. The van der Waals surface area contributed by atoms with Gasteiger partial charge in [-0.1, -0.05) is 0 Å². The molecule has 0 saturated heterocycles. The average Bonchev–Trinajstić information content (AvgIpc) is 2.30. The largest absolute Gasteiger partial charge is 0.497 e. The van der Waals surface area contributed by atoms with Gasteiger partial charge < -0.3 is 9.47 Å². The average molecular weight is 309 g/mol. The molecule has 1 aromatic carbocycles. The van der Waals surface area contributed by atoms with Crippen LogP contribution >= 0.6 is 15.9 Å². The third-order valence-electron chi connectivity index (χ3n) is 2.30. The van der Waals surface area contributed by atoms with Crippen molar-refractivity contribution in [2.24, 2.45) is 0 Å². The molecule has 0 atom stereocenters. The molecule has 0 fully saturated rings. The molecule has 0 aliphatic carbocycles. The molecule has 18 heavy (non-hydrogen) atoms. The summed E-state index contributed by atoms with van der Waals surface area (Å²) >= 11 is 3.42. The first kappa shape index (κ1) is 12.8. The smallest absolute Gasteiger partial charge is 0.322 e. The Hall–Kier alpha value is -1.62. The van der Waals surface area contributed by atoms with Gasteiger partial charge in [0.05, 0.1) is 11.6 Å². The van der Waals surface area contributed by atoms with Crippen LogP contribution in [0, 0.1) is 13.8 Å². The molecule has 2 aromatic rings. The number of nitrogens with zero attached hydrogens (tertiary/aromatic N) is 2. The summed E-state index contributed by atoms with van der Waals surface area (Å²) in [6.45, 7) is 3.81. The maximum Gasteiger partial charge on any atom is 0.322 e. The first-order chi connectivity index (χ1) is 8.58. The Balaban J connectivity index is 2.28. The Morgan fingerprint density at radius 2 is 1.72 bits per heavy atom. The monoisotopic (exact) mass is 308 g/mol. The normalized spacial score (nSPS) is 10.2. The quantitative estimate of drug-likeness (QED) is 0.868. The maximum absolute atomic E-state index is 5.65. The summed E-state index contributed by atoms with van der Waals surface area (Å²) in [5.41, 5.74) is 1.75. The van der Waals surface area contributed by atoms with E-state index in [0.29, 0.717) is 11.8 Å². The minimum atomic E-state index is 0.346. The number of aryl methyl sites for hydroxylation is 2. The zero-order valence-corrected chi connectivity index (χ0v) is 12.0. The van der Waals surface area contributed by atoms with Gasteiger partial charge in [0.1, 0.15) is 11.5 Å². The van der Waals surface area contributed by atoms with Crippen LogP contribution in [-0.2, 0) is 0 Å². The number of hydrogen-bond acceptors (Lipinski definition) is 4. The van der Waals surface area contributed by atoms with E-state index in [0.717, 1.165) is 21.6 Å². The van der Waals surface area contributed by atoms with E-state index in [4.69, 9.17) is 9.47 Å². The molecule has 94 valence electrons. The fourth-order valence-corrected chi connectivity index (χ4v) is 1.97. The van der Waals surface area contributed by atoms with Crippen molar-refractivity contribution in [3.05, 3.63) is 40.1 Å². The molecule has 0 saturated carbocycles. The number of ether oxygens (including phenoxy) is 2. The van der Waals surface area contributed by atoms with Crippen molar-refractivity contribution in [3.8, 4) is 17.5 Å². The fourth-order valence-electron chi connectivity index (χ4n) is 1.53. The molecule has 0 bridgehead atoms. The molecule has 0 aliphatic rings. The van der Waals surface area contributed by atoms with Crippen molar-refractivity contribution in [1.82, 2.24) is 9.97 Å². The number of benzene rings is 1. The zero-order chi connectivity index (χ0) is 13.1. The molecule has 0 spiro atoms. The van der Waals surface area contributed by atoms with Gasteiger partial charge in [-0.2, -0.15) is 0 Å². The molecule has 0 unspecified atom stereocenters. The highest BCUT2D eigenvalue weighted by Crippen LogP contribution is 2.31. The van der Waals surface area contributed by atoms with Gasteiger partial charge >= 0.3 is 6.01 Å². The molecule has 0 N–H and O–H groups in total. The molecular weight excluding hydrogens is 296 g/mol. The minimum Gasteiger partial charge on any atom is -0.497 e. The second-order valence-electron chi connectivity index (χ2n) is 3.83. The zero-order valence-electron chi connectivity index (χ0n) is 10.4. The summed E-state index contributed by atoms with van der Waals surface area (Å²) in [6.07, 6.45) is 0. The second kappa shape index (κ2) is 5.35. The molecule has 1 aromatic heterocycles. The van der Waals surface area contributed by atoms with E-state index in [-0.39, 0.29) is 0 Å². The van der Waals surface area contributed by atoms with Gasteiger partial charge in [0, 0.05) is 11.4 Å². The number of methoxy groups -OCH3 is 1. The van der Waals surface area contributed by atoms with Crippen molar-refractivity contribution in [3.63, 3.8) is 0 Å². The highest BCUT2D eigenvalue weighted by molar-refractivity contribution is 9.10. The lowest BCUT2D eigenvalue weighted by molar-refractivity contribution is 0.409. The Kier molecular flexibility index (Phi) is 3.81. The van der Waals surface area contributed by atoms with E-state index in [1.54, 1.807) is 7.11 Å². The van der Waals surface area contributed by atoms with Crippen LogP contribution in [0.2, 0.25) is 0 Å². The van der Waals surface area contributed by atoms with Crippen LogP contribution in [0.5, 0.6) is 17.5 Å². The lowest BCUT2D eigenvalue weighted by Gasteiger charge is -2.08. The van der Waals surface area contributed by atoms with Crippen molar-refractivity contribution in [2.45, 2.75) is 13.8 Å². The van der Waals surface area contributed by atoms with Gasteiger partial charge in [-0.05, 0) is 54.0 Å². The lowest BCUT2D eigenvalue weighted by Crippen LogP contribution is -1.96. The van der Waals surface area contributed by atoms with Crippen LogP contribution in [0.3, 0.4) is 0 Å². The highest BCUT2D eigenvalue weighted by Gasteiger charge is 2.07. The Bertz CT molecular complexity index is 553. The molecule has 0 amide bonds. The topological polar surface area (TPSA) is 44.2 Å². The van der Waals surface area contributed by atoms with Crippen molar-refractivity contribution in [2.75, 3.05) is 7.11 Å². The first-order valence-corrected chi connectivity index (χ1v) is 6.21. The van der Waals surface area contributed by atoms with E-state index in [9.17, 15) is 0 Å². The van der Waals surface area contributed by atoms with Gasteiger partial charge in [0.15, 0.2) is 0 Å². The van der Waals surface area contributed by atoms with Gasteiger partial charge in [-0.25, -0.2) is 9.97 Å². The summed E-state index contributed by atoms with van der Waals surface area (Å²) in [5, 5.41) is 0. The SMILES string of the molecule is COc1ccc(Oc2nc(C)cc(C)n2)c(Br)c1. The fraction of sp³-hybridized carbons (Fsp3) is 0.231. The van der Waals surface area contributed by atoms with Gasteiger partial charge in [0.25, 0.3) is 0 Å². The van der Waals surface area contributed by atoms with Crippen molar-refractivity contribution >= 4 is 15.9 Å². The summed E-state index contributed by atoms with van der Waals surface area (Å²) in [5.74, 6) is 1.41. The maximum atomic E-state index is 5.65. The van der Waals surface area contributed by atoms with E-state index >= 15 is 0 Å². The molecule has 1 heterocycles. The van der Waals surface area contributed by atoms with Gasteiger partial charge in [-0.3, -0.25) is 0 Å².